The van der Waals surface area contributed by atoms with E-state index < -0.39 is 17.9 Å². The topological polar surface area (TPSA) is 118 Å². The first-order chi connectivity index (χ1) is 17.3. The molecule has 0 spiro atoms. The number of hydrogen-bond donors (Lipinski definition) is 3. The Morgan fingerprint density at radius 1 is 1.31 bits per heavy atom. The van der Waals surface area contributed by atoms with Crippen molar-refractivity contribution in [2.24, 2.45) is 5.92 Å². The lowest BCUT2D eigenvalue weighted by atomic mass is 10.00. The van der Waals surface area contributed by atoms with E-state index in [-0.39, 0.29) is 27.6 Å². The summed E-state index contributed by atoms with van der Waals surface area (Å²) in [5.41, 5.74) is 2.59. The van der Waals surface area contributed by atoms with Crippen molar-refractivity contribution in [2.45, 2.75) is 44.6 Å². The van der Waals surface area contributed by atoms with Crippen LogP contribution in [0.1, 0.15) is 52.9 Å². The van der Waals surface area contributed by atoms with Crippen molar-refractivity contribution >= 4 is 40.9 Å². The Bertz CT molecular complexity index is 1160. The molecule has 3 heterocycles. The highest BCUT2D eigenvalue weighted by molar-refractivity contribution is 6.39. The number of carboxylic acid groups (broad SMARTS) is 1. The maximum atomic E-state index is 12.7. The van der Waals surface area contributed by atoms with E-state index in [2.05, 4.69) is 27.7 Å². The lowest BCUT2D eigenvalue weighted by Crippen LogP contribution is -2.43. The van der Waals surface area contributed by atoms with Gasteiger partial charge in [0.1, 0.15) is 11.9 Å². The highest BCUT2D eigenvalue weighted by atomic mass is 35.5. The second kappa shape index (κ2) is 11.9. The third-order valence-electron chi connectivity index (χ3n) is 6.87. The molecular weight excluding hydrogens is 501 g/mol. The van der Waals surface area contributed by atoms with Crippen molar-refractivity contribution in [1.82, 2.24) is 15.2 Å². The smallest absolute Gasteiger partial charge is 0.326 e. The molecule has 3 N–H and O–H groups in total. The van der Waals surface area contributed by atoms with Crippen LogP contribution in [-0.2, 0) is 17.6 Å². The molecule has 0 saturated carbocycles. The van der Waals surface area contributed by atoms with Gasteiger partial charge < -0.3 is 20.6 Å². The number of nitrogens with zero attached hydrogens (tertiary/aromatic N) is 3. The van der Waals surface area contributed by atoms with Gasteiger partial charge in [-0.15, -0.1) is 0 Å². The zero-order valence-electron chi connectivity index (χ0n) is 19.9. The number of pyridine rings is 1. The number of carboxylic acids is 1. The molecule has 190 valence electrons. The number of amides is 1. The molecule has 4 rings (SSSR count). The van der Waals surface area contributed by atoms with Gasteiger partial charge in [0.15, 0.2) is 0 Å². The summed E-state index contributed by atoms with van der Waals surface area (Å²) in [7, 11) is 0. The van der Waals surface area contributed by atoms with E-state index in [9.17, 15) is 14.7 Å². The molecule has 8 nitrogen and oxygen atoms in total. The SMILES string of the molecule is N#Cc1cc(Cl)c(C(=O)NC(CCN2CC[C@@H](CCc3ccc4c(n3)NCCC4)C2)C(=O)O)c(Cl)c1. The van der Waals surface area contributed by atoms with Crippen LogP contribution in [0.25, 0.3) is 0 Å². The van der Waals surface area contributed by atoms with Crippen LogP contribution in [0.4, 0.5) is 5.82 Å². The largest absolute Gasteiger partial charge is 0.480 e. The lowest BCUT2D eigenvalue weighted by Gasteiger charge is -2.20. The zero-order chi connectivity index (χ0) is 25.7. The van der Waals surface area contributed by atoms with Crippen LogP contribution in [0, 0.1) is 17.2 Å². The molecule has 1 unspecified atom stereocenters. The van der Waals surface area contributed by atoms with Gasteiger partial charge in [0.05, 0.1) is 27.2 Å². The Morgan fingerprint density at radius 2 is 2.08 bits per heavy atom. The van der Waals surface area contributed by atoms with Crippen LogP contribution in [0.15, 0.2) is 24.3 Å². The van der Waals surface area contributed by atoms with E-state index in [4.69, 9.17) is 33.4 Å². The molecule has 0 bridgehead atoms. The number of fused-ring (bicyclic) bond motifs is 1. The molecule has 2 aliphatic rings. The molecule has 0 aliphatic carbocycles. The molecule has 1 aromatic heterocycles. The summed E-state index contributed by atoms with van der Waals surface area (Å²) in [5.74, 6) is -0.234. The van der Waals surface area contributed by atoms with Crippen molar-refractivity contribution in [3.05, 3.63) is 56.7 Å². The van der Waals surface area contributed by atoms with Crippen LogP contribution in [-0.4, -0.2) is 59.1 Å². The van der Waals surface area contributed by atoms with Crippen LogP contribution in [0.2, 0.25) is 10.0 Å². The Balaban J connectivity index is 1.26. The summed E-state index contributed by atoms with van der Waals surface area (Å²) in [6.45, 7) is 3.34. The second-order valence-corrected chi connectivity index (χ2v) is 10.2. The van der Waals surface area contributed by atoms with Gasteiger partial charge >= 0.3 is 5.97 Å². The van der Waals surface area contributed by atoms with Gasteiger partial charge in [0.25, 0.3) is 5.91 Å². The lowest BCUT2D eigenvalue weighted by molar-refractivity contribution is -0.139. The number of rotatable bonds is 9. The average Bonchev–Trinajstić information content (AvgIpc) is 3.32. The Kier molecular flexibility index (Phi) is 8.68. The molecule has 10 heteroatoms. The number of aliphatic carboxylic acids is 1. The zero-order valence-corrected chi connectivity index (χ0v) is 21.4. The average molecular weight is 530 g/mol. The van der Waals surface area contributed by atoms with Gasteiger partial charge in [-0.3, -0.25) is 4.79 Å². The number of anilines is 1. The van der Waals surface area contributed by atoms with E-state index in [0.29, 0.717) is 12.5 Å². The van der Waals surface area contributed by atoms with Crippen LogP contribution < -0.4 is 10.6 Å². The fourth-order valence-corrected chi connectivity index (χ4v) is 5.52. The molecular formula is C26H29Cl2N5O3. The van der Waals surface area contributed by atoms with Crippen molar-refractivity contribution in [1.29, 1.82) is 5.26 Å². The van der Waals surface area contributed by atoms with Crippen LogP contribution in [0.5, 0.6) is 0 Å². The van der Waals surface area contributed by atoms with Crippen molar-refractivity contribution in [2.75, 3.05) is 31.5 Å². The number of carbonyl (C=O) groups is 2. The van der Waals surface area contributed by atoms with Gasteiger partial charge in [-0.25, -0.2) is 9.78 Å². The van der Waals surface area contributed by atoms with Gasteiger partial charge in [0.2, 0.25) is 0 Å². The number of aryl methyl sites for hydroxylation is 2. The number of nitrogens with one attached hydrogen (secondary N) is 2. The number of likely N-dealkylation sites (tertiary alicyclic amines) is 1. The Hall–Kier alpha value is -2.86. The van der Waals surface area contributed by atoms with Crippen molar-refractivity contribution in [3.63, 3.8) is 0 Å². The predicted molar refractivity (Wildman–Crippen MR) is 139 cm³/mol. The maximum absolute atomic E-state index is 12.7. The number of carbonyl (C=O) groups excluding carboxylic acids is 1. The minimum atomic E-state index is -1.12. The quantitative estimate of drug-likeness (QED) is 0.446. The number of nitriles is 1. The summed E-state index contributed by atoms with van der Waals surface area (Å²) in [6.07, 6.45) is 5.51. The Labute approximate surface area is 220 Å². The fourth-order valence-electron chi connectivity index (χ4n) is 4.87. The fraction of sp³-hybridized carbons (Fsp3) is 0.462. The Morgan fingerprint density at radius 3 is 2.81 bits per heavy atom. The molecule has 1 amide bonds. The number of benzene rings is 1. The van der Waals surface area contributed by atoms with Crippen LogP contribution >= 0.6 is 23.2 Å². The molecule has 0 radical (unpaired) electrons. The normalized spacial score (nSPS) is 18.1. The summed E-state index contributed by atoms with van der Waals surface area (Å²) in [4.78, 5) is 31.5. The number of halogens is 2. The van der Waals surface area contributed by atoms with Crippen molar-refractivity contribution in [3.8, 4) is 6.07 Å². The maximum Gasteiger partial charge on any atom is 0.326 e. The first-order valence-electron chi connectivity index (χ1n) is 12.2. The third-order valence-corrected chi connectivity index (χ3v) is 7.46. The van der Waals surface area contributed by atoms with Gasteiger partial charge in [-0.05, 0) is 74.8 Å². The summed E-state index contributed by atoms with van der Waals surface area (Å²) >= 11 is 12.2. The van der Waals surface area contributed by atoms with E-state index in [0.717, 1.165) is 63.3 Å². The number of aromatic nitrogens is 1. The summed E-state index contributed by atoms with van der Waals surface area (Å²) in [6, 6.07) is 7.81. The van der Waals surface area contributed by atoms with E-state index in [1.807, 2.05) is 6.07 Å². The standard InChI is InChI=1S/C26H29Cl2N5O3/c27-20-12-17(14-29)13-21(28)23(20)25(34)32-22(26(35)36)8-11-33-10-7-16(15-33)3-5-19-6-4-18-2-1-9-30-24(18)31-19/h4,6,12-13,16,22H,1-3,5,7-11,15H2,(H,30,31)(H,32,34)(H,35,36)/t16-,22?/m1/s1. The van der Waals surface area contributed by atoms with Gasteiger partial charge in [-0.2, -0.15) is 5.26 Å². The molecule has 2 aliphatic heterocycles. The molecule has 1 saturated heterocycles. The highest BCUT2D eigenvalue weighted by Gasteiger charge is 2.27. The first-order valence-corrected chi connectivity index (χ1v) is 13.0. The van der Waals surface area contributed by atoms with Gasteiger partial charge in [-0.1, -0.05) is 29.3 Å². The van der Waals surface area contributed by atoms with Gasteiger partial charge in [0, 0.05) is 25.3 Å². The van der Waals surface area contributed by atoms with Crippen LogP contribution in [0.3, 0.4) is 0 Å². The molecule has 2 atom stereocenters. The third kappa shape index (κ3) is 6.47. The molecule has 36 heavy (non-hydrogen) atoms. The highest BCUT2D eigenvalue weighted by Crippen LogP contribution is 2.27. The van der Waals surface area contributed by atoms with E-state index in [1.165, 1.54) is 17.7 Å². The first kappa shape index (κ1) is 26.2. The second-order valence-electron chi connectivity index (χ2n) is 9.41. The molecule has 2 aromatic rings. The minimum absolute atomic E-state index is 0.00673. The molecule has 1 aromatic carbocycles. The monoisotopic (exact) mass is 529 g/mol. The summed E-state index contributed by atoms with van der Waals surface area (Å²) < 4.78 is 0. The number of hydrogen-bond acceptors (Lipinski definition) is 6. The predicted octanol–water partition coefficient (Wildman–Crippen LogP) is 4.15. The minimum Gasteiger partial charge on any atom is -0.480 e. The van der Waals surface area contributed by atoms with Crippen molar-refractivity contribution < 1.29 is 14.7 Å². The van der Waals surface area contributed by atoms with E-state index in [1.54, 1.807) is 0 Å². The molecule has 1 fully saturated rings. The van der Waals surface area contributed by atoms with E-state index >= 15 is 0 Å². The summed E-state index contributed by atoms with van der Waals surface area (Å²) in [5, 5.41) is 24.6.